The first-order valence-corrected chi connectivity index (χ1v) is 9.47. The van der Waals surface area contributed by atoms with Crippen molar-refractivity contribution in [3.8, 4) is 0 Å². The van der Waals surface area contributed by atoms with Crippen LogP contribution in [0.15, 0.2) is 0 Å². The van der Waals surface area contributed by atoms with Crippen molar-refractivity contribution in [1.29, 1.82) is 0 Å². The van der Waals surface area contributed by atoms with Gasteiger partial charge in [0.25, 0.3) is 0 Å². The molecule has 3 rings (SSSR count). The van der Waals surface area contributed by atoms with Gasteiger partial charge in [-0.1, -0.05) is 13.8 Å². The number of nitrogens with zero attached hydrogens (tertiary/aromatic N) is 3. The molecule has 0 aromatic carbocycles. The Bertz CT molecular complexity index is 485. The Morgan fingerprint density at radius 1 is 0.880 bits per heavy atom. The average Bonchev–Trinajstić information content (AvgIpc) is 3.10. The minimum absolute atomic E-state index is 0. The molecular weight excluding hydrogens is 340 g/mol. The van der Waals surface area contributed by atoms with Gasteiger partial charge < -0.3 is 20.4 Å². The molecule has 0 spiro atoms. The van der Waals surface area contributed by atoms with Gasteiger partial charge in [0.1, 0.15) is 0 Å². The number of rotatable bonds is 1. The summed E-state index contributed by atoms with van der Waals surface area (Å²) in [6.07, 6.45) is 4.70. The molecular formula is C18H33ClN4O2. The molecule has 3 aliphatic heterocycles. The van der Waals surface area contributed by atoms with Crippen LogP contribution in [-0.4, -0.2) is 71.9 Å². The largest absolute Gasteiger partial charge is 0.342 e. The van der Waals surface area contributed by atoms with Crippen LogP contribution in [0.2, 0.25) is 0 Å². The van der Waals surface area contributed by atoms with E-state index in [1.54, 1.807) is 0 Å². The number of carbonyl (C=O) groups excluding carboxylic acids is 2. The summed E-state index contributed by atoms with van der Waals surface area (Å²) in [7, 11) is 0. The van der Waals surface area contributed by atoms with Crippen LogP contribution in [-0.2, 0) is 4.79 Å². The molecule has 3 fully saturated rings. The van der Waals surface area contributed by atoms with Gasteiger partial charge >= 0.3 is 6.03 Å². The first-order chi connectivity index (χ1) is 11.4. The molecule has 0 aromatic heterocycles. The predicted octanol–water partition coefficient (Wildman–Crippen LogP) is 1.92. The molecule has 0 radical (unpaired) electrons. The topological polar surface area (TPSA) is 69.9 Å². The van der Waals surface area contributed by atoms with Crippen molar-refractivity contribution < 1.29 is 9.59 Å². The van der Waals surface area contributed by atoms with E-state index in [1.807, 2.05) is 14.7 Å². The predicted molar refractivity (Wildman–Crippen MR) is 101 cm³/mol. The fourth-order valence-corrected chi connectivity index (χ4v) is 4.25. The Hall–Kier alpha value is -1.01. The Morgan fingerprint density at radius 3 is 1.96 bits per heavy atom. The number of likely N-dealkylation sites (tertiary alicyclic amines) is 3. The van der Waals surface area contributed by atoms with Gasteiger partial charge in [-0.3, -0.25) is 4.79 Å². The van der Waals surface area contributed by atoms with Crippen molar-refractivity contribution in [3.05, 3.63) is 0 Å². The lowest BCUT2D eigenvalue weighted by Gasteiger charge is -2.44. The van der Waals surface area contributed by atoms with E-state index >= 15 is 0 Å². The first kappa shape index (κ1) is 20.3. The molecule has 25 heavy (non-hydrogen) atoms. The van der Waals surface area contributed by atoms with Crippen molar-refractivity contribution in [1.82, 2.24) is 14.7 Å². The second kappa shape index (κ2) is 8.12. The summed E-state index contributed by atoms with van der Waals surface area (Å²) in [5.74, 6) is 0.334. The third kappa shape index (κ3) is 4.40. The minimum atomic E-state index is -0.0136. The molecule has 6 nitrogen and oxygen atoms in total. The third-order valence-electron chi connectivity index (χ3n) is 6.12. The smallest absolute Gasteiger partial charge is 0.319 e. The van der Waals surface area contributed by atoms with Crippen LogP contribution in [0, 0.1) is 11.3 Å². The van der Waals surface area contributed by atoms with E-state index in [1.165, 1.54) is 0 Å². The van der Waals surface area contributed by atoms with E-state index in [-0.39, 0.29) is 41.7 Å². The molecule has 1 atom stereocenters. The first-order valence-electron chi connectivity index (χ1n) is 9.47. The number of urea groups is 1. The highest BCUT2D eigenvalue weighted by atomic mass is 35.5. The van der Waals surface area contributed by atoms with Gasteiger partial charge in [-0.25, -0.2) is 4.79 Å². The van der Waals surface area contributed by atoms with Gasteiger partial charge in [0.05, 0.1) is 0 Å². The molecule has 3 saturated heterocycles. The highest BCUT2D eigenvalue weighted by Crippen LogP contribution is 2.30. The zero-order valence-electron chi connectivity index (χ0n) is 15.6. The number of carbonyl (C=O) groups is 2. The van der Waals surface area contributed by atoms with E-state index < -0.39 is 0 Å². The van der Waals surface area contributed by atoms with E-state index in [0.29, 0.717) is 13.1 Å². The Labute approximate surface area is 157 Å². The summed E-state index contributed by atoms with van der Waals surface area (Å²) in [5.41, 5.74) is 6.16. The number of nitrogens with two attached hydrogens (primary N) is 1. The quantitative estimate of drug-likeness (QED) is 0.764. The van der Waals surface area contributed by atoms with Crippen LogP contribution < -0.4 is 5.73 Å². The van der Waals surface area contributed by atoms with Gasteiger partial charge in [0, 0.05) is 51.2 Å². The van der Waals surface area contributed by atoms with Gasteiger partial charge in [-0.15, -0.1) is 12.4 Å². The molecule has 144 valence electrons. The summed E-state index contributed by atoms with van der Waals surface area (Å²) in [4.78, 5) is 31.2. The Kier molecular flexibility index (Phi) is 6.60. The SMILES string of the molecule is CC1(C)CN(C(=O)C2CCN(C(=O)N3CCCC3)CC2)CCC1N.Cl. The van der Waals surface area contributed by atoms with Gasteiger partial charge in [0.15, 0.2) is 0 Å². The number of hydrogen-bond acceptors (Lipinski definition) is 3. The Morgan fingerprint density at radius 2 is 1.40 bits per heavy atom. The molecule has 0 aliphatic carbocycles. The van der Waals surface area contributed by atoms with Crippen LogP contribution in [0.25, 0.3) is 0 Å². The molecule has 0 bridgehead atoms. The summed E-state index contributed by atoms with van der Waals surface area (Å²) in [5, 5.41) is 0. The average molecular weight is 373 g/mol. The second-order valence-electron chi connectivity index (χ2n) is 8.38. The van der Waals surface area contributed by atoms with Gasteiger partial charge in [-0.2, -0.15) is 0 Å². The minimum Gasteiger partial charge on any atom is -0.342 e. The number of piperidine rings is 2. The van der Waals surface area contributed by atoms with Crippen LogP contribution in [0.5, 0.6) is 0 Å². The third-order valence-corrected chi connectivity index (χ3v) is 6.12. The van der Waals surface area contributed by atoms with E-state index in [9.17, 15) is 9.59 Å². The maximum Gasteiger partial charge on any atom is 0.319 e. The summed E-state index contributed by atoms with van der Waals surface area (Å²) < 4.78 is 0. The van der Waals surface area contributed by atoms with Crippen LogP contribution in [0.4, 0.5) is 4.79 Å². The molecule has 3 amide bonds. The van der Waals surface area contributed by atoms with Crippen molar-refractivity contribution >= 4 is 24.3 Å². The normalized spacial score (nSPS) is 27.2. The lowest BCUT2D eigenvalue weighted by atomic mass is 9.79. The Balaban J connectivity index is 0.00000225. The summed E-state index contributed by atoms with van der Waals surface area (Å²) in [6.45, 7) is 9.02. The van der Waals surface area contributed by atoms with Crippen molar-refractivity contribution in [2.24, 2.45) is 17.1 Å². The van der Waals surface area contributed by atoms with Gasteiger partial charge in [-0.05, 0) is 37.5 Å². The van der Waals surface area contributed by atoms with Gasteiger partial charge in [0.2, 0.25) is 5.91 Å². The lowest BCUT2D eigenvalue weighted by molar-refractivity contribution is -0.140. The number of hydrogen-bond donors (Lipinski definition) is 1. The van der Waals surface area contributed by atoms with E-state index in [2.05, 4.69) is 13.8 Å². The standard InChI is InChI=1S/C18H32N4O2.ClH/c1-18(2)13-22(12-7-15(18)19)16(23)14-5-10-21(11-6-14)17(24)20-8-3-4-9-20;/h14-15H,3-13,19H2,1-2H3;1H. The second-order valence-corrected chi connectivity index (χ2v) is 8.38. The molecule has 0 saturated carbocycles. The van der Waals surface area contributed by atoms with Crippen LogP contribution >= 0.6 is 12.4 Å². The molecule has 2 N–H and O–H groups in total. The molecule has 0 aromatic rings. The van der Waals surface area contributed by atoms with Crippen molar-refractivity contribution in [3.63, 3.8) is 0 Å². The molecule has 1 unspecified atom stereocenters. The van der Waals surface area contributed by atoms with Crippen molar-refractivity contribution in [2.75, 3.05) is 39.3 Å². The fourth-order valence-electron chi connectivity index (χ4n) is 4.25. The monoisotopic (exact) mass is 372 g/mol. The summed E-state index contributed by atoms with van der Waals surface area (Å²) >= 11 is 0. The maximum absolute atomic E-state index is 12.9. The summed E-state index contributed by atoms with van der Waals surface area (Å²) in [6, 6.07) is 0.338. The van der Waals surface area contributed by atoms with Crippen LogP contribution in [0.1, 0.15) is 46.0 Å². The fraction of sp³-hybridized carbons (Fsp3) is 0.889. The number of amides is 3. The van der Waals surface area contributed by atoms with E-state index in [0.717, 1.165) is 58.3 Å². The van der Waals surface area contributed by atoms with Crippen molar-refractivity contribution in [2.45, 2.75) is 52.0 Å². The zero-order chi connectivity index (χ0) is 17.3. The zero-order valence-corrected chi connectivity index (χ0v) is 16.4. The molecule has 7 heteroatoms. The lowest BCUT2D eigenvalue weighted by Crippen LogP contribution is -2.56. The number of halogens is 1. The molecule has 3 aliphatic rings. The van der Waals surface area contributed by atoms with Crippen LogP contribution in [0.3, 0.4) is 0 Å². The highest BCUT2D eigenvalue weighted by Gasteiger charge is 2.38. The maximum atomic E-state index is 12.9. The highest BCUT2D eigenvalue weighted by molar-refractivity contribution is 5.85. The van der Waals surface area contributed by atoms with E-state index in [4.69, 9.17) is 5.73 Å². The molecule has 3 heterocycles.